The molecular formula is C12H9Cl2N3O. The summed E-state index contributed by atoms with van der Waals surface area (Å²) in [5, 5.41) is 0.675. The minimum atomic E-state index is -0.661. The van der Waals surface area contributed by atoms with Gasteiger partial charge in [-0.15, -0.1) is 0 Å². The molecule has 0 aliphatic carbocycles. The molecule has 0 fully saturated rings. The Balaban J connectivity index is 2.75. The van der Waals surface area contributed by atoms with Gasteiger partial charge in [0.05, 0.1) is 21.3 Å². The first kappa shape index (κ1) is 12.7. The fourth-order valence-corrected chi connectivity index (χ4v) is 2.02. The Kier molecular flexibility index (Phi) is 3.41. The summed E-state index contributed by atoms with van der Waals surface area (Å²) >= 11 is 12.0. The van der Waals surface area contributed by atoms with Crippen LogP contribution in [0.5, 0.6) is 0 Å². The number of nitrogens with two attached hydrogens (primary N) is 2. The van der Waals surface area contributed by atoms with Crippen LogP contribution < -0.4 is 11.5 Å². The van der Waals surface area contributed by atoms with Crippen molar-refractivity contribution in [2.45, 2.75) is 0 Å². The Morgan fingerprint density at radius 3 is 2.61 bits per heavy atom. The van der Waals surface area contributed by atoms with Crippen molar-refractivity contribution in [3.63, 3.8) is 0 Å². The van der Waals surface area contributed by atoms with Crippen LogP contribution in [0.15, 0.2) is 30.5 Å². The molecule has 0 saturated carbocycles. The van der Waals surface area contributed by atoms with Crippen LogP contribution in [0.4, 0.5) is 5.69 Å². The van der Waals surface area contributed by atoms with Gasteiger partial charge in [-0.05, 0) is 12.1 Å². The quantitative estimate of drug-likeness (QED) is 0.888. The average molecular weight is 282 g/mol. The van der Waals surface area contributed by atoms with Gasteiger partial charge in [0.15, 0.2) is 0 Å². The first-order valence-electron chi connectivity index (χ1n) is 5.01. The van der Waals surface area contributed by atoms with Crippen LogP contribution in [0.3, 0.4) is 0 Å². The number of carbonyl (C=O) groups is 1. The van der Waals surface area contributed by atoms with E-state index in [9.17, 15) is 4.79 Å². The number of halogens is 2. The van der Waals surface area contributed by atoms with Gasteiger partial charge in [-0.3, -0.25) is 9.78 Å². The number of aromatic nitrogens is 1. The molecule has 0 spiro atoms. The van der Waals surface area contributed by atoms with Crippen molar-refractivity contribution >= 4 is 34.8 Å². The van der Waals surface area contributed by atoms with Gasteiger partial charge < -0.3 is 11.5 Å². The van der Waals surface area contributed by atoms with Crippen LogP contribution in [0.2, 0.25) is 10.0 Å². The Labute approximate surface area is 114 Å². The van der Waals surface area contributed by atoms with Gasteiger partial charge in [-0.1, -0.05) is 35.3 Å². The molecule has 18 heavy (non-hydrogen) atoms. The molecule has 4 nitrogen and oxygen atoms in total. The van der Waals surface area contributed by atoms with E-state index in [1.165, 1.54) is 12.3 Å². The van der Waals surface area contributed by atoms with E-state index in [0.29, 0.717) is 21.3 Å². The predicted octanol–water partition coefficient (Wildman–Crippen LogP) is 2.74. The van der Waals surface area contributed by atoms with E-state index < -0.39 is 5.91 Å². The number of primary amides is 1. The topological polar surface area (TPSA) is 82.0 Å². The van der Waals surface area contributed by atoms with E-state index in [1.807, 2.05) is 0 Å². The van der Waals surface area contributed by atoms with E-state index in [0.717, 1.165) is 0 Å². The molecule has 0 aliphatic heterocycles. The first-order valence-corrected chi connectivity index (χ1v) is 5.76. The van der Waals surface area contributed by atoms with Gasteiger partial charge in [0, 0.05) is 17.4 Å². The van der Waals surface area contributed by atoms with Crippen LogP contribution in [-0.2, 0) is 0 Å². The smallest absolute Gasteiger partial charge is 0.253 e. The number of anilines is 1. The van der Waals surface area contributed by atoms with Crippen LogP contribution in [0.25, 0.3) is 11.3 Å². The summed E-state index contributed by atoms with van der Waals surface area (Å²) in [5.41, 5.74) is 12.3. The van der Waals surface area contributed by atoms with Crippen molar-refractivity contribution in [2.75, 3.05) is 5.73 Å². The Morgan fingerprint density at radius 2 is 1.94 bits per heavy atom. The van der Waals surface area contributed by atoms with Crippen molar-refractivity contribution in [1.82, 2.24) is 4.98 Å². The number of carbonyl (C=O) groups excluding carboxylic acids is 1. The predicted molar refractivity (Wildman–Crippen MR) is 72.6 cm³/mol. The Bertz CT molecular complexity index is 629. The zero-order valence-electron chi connectivity index (χ0n) is 9.15. The SMILES string of the molecule is NC(=O)c1c(N)ccnc1-c1cccc(Cl)c1Cl. The van der Waals surface area contributed by atoms with Gasteiger partial charge in [-0.2, -0.15) is 0 Å². The van der Waals surface area contributed by atoms with E-state index in [1.54, 1.807) is 18.2 Å². The second-order valence-corrected chi connectivity index (χ2v) is 4.37. The molecule has 4 N–H and O–H groups in total. The zero-order valence-corrected chi connectivity index (χ0v) is 10.7. The lowest BCUT2D eigenvalue weighted by atomic mass is 10.0. The van der Waals surface area contributed by atoms with Gasteiger partial charge in [0.25, 0.3) is 5.91 Å². The maximum Gasteiger partial charge on any atom is 0.253 e. The number of hydrogen-bond donors (Lipinski definition) is 2. The van der Waals surface area contributed by atoms with Crippen LogP contribution in [0, 0.1) is 0 Å². The summed E-state index contributed by atoms with van der Waals surface area (Å²) in [6.45, 7) is 0. The van der Waals surface area contributed by atoms with Crippen molar-refractivity contribution in [3.05, 3.63) is 46.1 Å². The zero-order chi connectivity index (χ0) is 13.3. The summed E-state index contributed by atoms with van der Waals surface area (Å²) in [6.07, 6.45) is 1.48. The lowest BCUT2D eigenvalue weighted by molar-refractivity contribution is 0.100. The fraction of sp³-hybridized carbons (Fsp3) is 0. The Hall–Kier alpha value is -1.78. The fourth-order valence-electron chi connectivity index (χ4n) is 1.63. The van der Waals surface area contributed by atoms with Gasteiger partial charge in [-0.25, -0.2) is 0 Å². The maximum atomic E-state index is 11.4. The van der Waals surface area contributed by atoms with Crippen LogP contribution >= 0.6 is 23.2 Å². The van der Waals surface area contributed by atoms with Crippen molar-refractivity contribution < 1.29 is 4.79 Å². The third-order valence-electron chi connectivity index (χ3n) is 2.44. The monoisotopic (exact) mass is 281 g/mol. The van der Waals surface area contributed by atoms with E-state index >= 15 is 0 Å². The van der Waals surface area contributed by atoms with Crippen molar-refractivity contribution in [3.8, 4) is 11.3 Å². The highest BCUT2D eigenvalue weighted by molar-refractivity contribution is 6.43. The van der Waals surface area contributed by atoms with Gasteiger partial charge in [0.2, 0.25) is 0 Å². The summed E-state index contributed by atoms with van der Waals surface area (Å²) in [6, 6.07) is 6.55. The highest BCUT2D eigenvalue weighted by atomic mass is 35.5. The molecule has 6 heteroatoms. The molecule has 0 bridgehead atoms. The molecule has 1 aromatic heterocycles. The van der Waals surface area contributed by atoms with Crippen molar-refractivity contribution in [2.24, 2.45) is 5.73 Å². The van der Waals surface area contributed by atoms with Crippen LogP contribution in [-0.4, -0.2) is 10.9 Å². The normalized spacial score (nSPS) is 10.3. The summed E-state index contributed by atoms with van der Waals surface area (Å²) in [4.78, 5) is 15.5. The highest BCUT2D eigenvalue weighted by Gasteiger charge is 2.17. The third kappa shape index (κ3) is 2.12. The number of amides is 1. The molecule has 1 aromatic carbocycles. The number of nitrogens with zero attached hydrogens (tertiary/aromatic N) is 1. The molecule has 0 saturated heterocycles. The minimum absolute atomic E-state index is 0.140. The Morgan fingerprint density at radius 1 is 1.22 bits per heavy atom. The molecule has 1 heterocycles. The number of nitrogen functional groups attached to an aromatic ring is 1. The van der Waals surface area contributed by atoms with E-state index in [4.69, 9.17) is 34.7 Å². The molecule has 92 valence electrons. The number of benzene rings is 1. The summed E-state index contributed by atoms with van der Waals surface area (Å²) in [5.74, 6) is -0.661. The minimum Gasteiger partial charge on any atom is -0.398 e. The molecule has 0 atom stereocenters. The first-order chi connectivity index (χ1) is 8.52. The summed E-state index contributed by atoms with van der Waals surface area (Å²) < 4.78 is 0. The second kappa shape index (κ2) is 4.84. The maximum absolute atomic E-state index is 11.4. The van der Waals surface area contributed by atoms with E-state index in [2.05, 4.69) is 4.98 Å². The van der Waals surface area contributed by atoms with Crippen molar-refractivity contribution in [1.29, 1.82) is 0 Å². The largest absolute Gasteiger partial charge is 0.398 e. The number of rotatable bonds is 2. The van der Waals surface area contributed by atoms with E-state index in [-0.39, 0.29) is 11.3 Å². The standard InChI is InChI=1S/C12H9Cl2N3O/c13-7-3-1-2-6(10(7)14)11-9(12(16)18)8(15)4-5-17-11/h1-5H,(H2,15,17)(H2,16,18). The molecule has 0 aliphatic rings. The summed E-state index contributed by atoms with van der Waals surface area (Å²) in [7, 11) is 0. The molecule has 0 radical (unpaired) electrons. The lowest BCUT2D eigenvalue weighted by Crippen LogP contribution is -2.15. The molecule has 2 rings (SSSR count). The van der Waals surface area contributed by atoms with Crippen LogP contribution in [0.1, 0.15) is 10.4 Å². The second-order valence-electron chi connectivity index (χ2n) is 3.59. The number of pyridine rings is 1. The molecule has 0 unspecified atom stereocenters. The third-order valence-corrected chi connectivity index (χ3v) is 3.26. The number of hydrogen-bond acceptors (Lipinski definition) is 3. The van der Waals surface area contributed by atoms with Gasteiger partial charge in [0.1, 0.15) is 0 Å². The highest BCUT2D eigenvalue weighted by Crippen LogP contribution is 2.35. The molecule has 2 aromatic rings. The lowest BCUT2D eigenvalue weighted by Gasteiger charge is -2.10. The molecular weight excluding hydrogens is 273 g/mol. The van der Waals surface area contributed by atoms with Gasteiger partial charge >= 0.3 is 0 Å². The molecule has 1 amide bonds. The average Bonchev–Trinajstić information content (AvgIpc) is 2.32.